The first-order valence-corrected chi connectivity index (χ1v) is 4.88. The van der Waals surface area contributed by atoms with E-state index < -0.39 is 0 Å². The van der Waals surface area contributed by atoms with Crippen LogP contribution in [0.5, 0.6) is 0 Å². The first-order chi connectivity index (χ1) is 6.34. The largest absolute Gasteiger partial charge is 0.370 e. The summed E-state index contributed by atoms with van der Waals surface area (Å²) in [6, 6.07) is 0. The highest BCUT2D eigenvalue weighted by atomic mass is 16.5. The van der Waals surface area contributed by atoms with Crippen LogP contribution >= 0.6 is 0 Å². The lowest BCUT2D eigenvalue weighted by molar-refractivity contribution is -0.133. The molecule has 0 amide bonds. The van der Waals surface area contributed by atoms with Gasteiger partial charge in [0.1, 0.15) is 6.10 Å². The summed E-state index contributed by atoms with van der Waals surface area (Å²) in [5.74, 6) is 5.90. The Balaban J connectivity index is 2.23. The van der Waals surface area contributed by atoms with Crippen LogP contribution < -0.4 is 0 Å². The normalized spacial score (nSPS) is 21.8. The molecule has 1 heterocycles. The molecule has 1 atom stereocenters. The van der Waals surface area contributed by atoms with Crippen LogP contribution in [0.2, 0.25) is 0 Å². The van der Waals surface area contributed by atoms with E-state index in [1.807, 2.05) is 0 Å². The van der Waals surface area contributed by atoms with Crippen molar-refractivity contribution in [3.63, 3.8) is 0 Å². The highest BCUT2D eigenvalue weighted by Gasteiger charge is 2.20. The van der Waals surface area contributed by atoms with Gasteiger partial charge in [0.25, 0.3) is 0 Å². The third-order valence-electron chi connectivity index (χ3n) is 2.21. The predicted molar refractivity (Wildman–Crippen MR) is 51.3 cm³/mol. The Morgan fingerprint density at radius 1 is 1.54 bits per heavy atom. The van der Waals surface area contributed by atoms with Crippen LogP contribution in [0.25, 0.3) is 0 Å². The molecule has 0 saturated carbocycles. The molecule has 1 saturated heterocycles. The minimum Gasteiger partial charge on any atom is -0.370 e. The van der Waals surface area contributed by atoms with Crippen LogP contribution in [0.4, 0.5) is 0 Å². The van der Waals surface area contributed by atoms with Crippen LogP contribution in [0.1, 0.15) is 39.0 Å². The van der Waals surface area contributed by atoms with Gasteiger partial charge in [-0.15, -0.1) is 11.8 Å². The minimum absolute atomic E-state index is 0.132. The first kappa shape index (κ1) is 10.3. The molecule has 0 aliphatic carbocycles. The number of carbonyl (C=O) groups is 1. The van der Waals surface area contributed by atoms with Gasteiger partial charge in [0, 0.05) is 19.4 Å². The molecule has 1 aliphatic rings. The van der Waals surface area contributed by atoms with Crippen molar-refractivity contribution in [3.8, 4) is 11.8 Å². The number of hydrogen-bond donors (Lipinski definition) is 0. The van der Waals surface area contributed by atoms with Crippen LogP contribution in [0.15, 0.2) is 0 Å². The Labute approximate surface area is 79.7 Å². The molecule has 0 radical (unpaired) electrons. The zero-order chi connectivity index (χ0) is 9.52. The van der Waals surface area contributed by atoms with E-state index in [2.05, 4.69) is 11.8 Å². The van der Waals surface area contributed by atoms with Crippen LogP contribution in [-0.2, 0) is 9.53 Å². The molecule has 2 heteroatoms. The van der Waals surface area contributed by atoms with Crippen molar-refractivity contribution in [3.05, 3.63) is 0 Å². The Hall–Kier alpha value is -0.810. The molecule has 72 valence electrons. The van der Waals surface area contributed by atoms with E-state index in [0.29, 0.717) is 12.8 Å². The smallest absolute Gasteiger partial charge is 0.162 e. The van der Waals surface area contributed by atoms with E-state index in [1.165, 1.54) is 0 Å². The van der Waals surface area contributed by atoms with Crippen molar-refractivity contribution < 1.29 is 9.53 Å². The number of ketones is 1. The summed E-state index contributed by atoms with van der Waals surface area (Å²) < 4.78 is 5.37. The van der Waals surface area contributed by atoms with Gasteiger partial charge in [-0.1, -0.05) is 0 Å². The van der Waals surface area contributed by atoms with Crippen molar-refractivity contribution in [2.24, 2.45) is 0 Å². The lowest BCUT2D eigenvalue weighted by atomic mass is 10.0. The molecule has 0 aromatic rings. The van der Waals surface area contributed by atoms with Gasteiger partial charge in [0.05, 0.1) is 0 Å². The second kappa shape index (κ2) is 5.77. The molecule has 1 rings (SSSR count). The molecule has 2 nitrogen and oxygen atoms in total. The van der Waals surface area contributed by atoms with Gasteiger partial charge in [-0.25, -0.2) is 0 Å². The summed E-state index contributed by atoms with van der Waals surface area (Å²) in [5.41, 5.74) is 0. The molecule has 0 N–H and O–H groups in total. The SMILES string of the molecule is CC#CCCC(=O)C1CCCCO1. The summed E-state index contributed by atoms with van der Waals surface area (Å²) in [6.07, 6.45) is 4.21. The summed E-state index contributed by atoms with van der Waals surface area (Å²) in [7, 11) is 0. The summed E-state index contributed by atoms with van der Waals surface area (Å²) in [6.45, 7) is 2.54. The van der Waals surface area contributed by atoms with Crippen molar-refractivity contribution in [2.45, 2.75) is 45.1 Å². The van der Waals surface area contributed by atoms with E-state index in [0.717, 1.165) is 25.9 Å². The lowest BCUT2D eigenvalue weighted by Gasteiger charge is -2.20. The van der Waals surface area contributed by atoms with Gasteiger partial charge >= 0.3 is 0 Å². The Bertz CT molecular complexity index is 216. The number of Topliss-reactive ketones (excluding diaryl/α,β-unsaturated/α-hetero) is 1. The van der Waals surface area contributed by atoms with Gasteiger partial charge in [-0.3, -0.25) is 4.79 Å². The summed E-state index contributed by atoms with van der Waals surface area (Å²) in [5, 5.41) is 0. The van der Waals surface area contributed by atoms with Crippen molar-refractivity contribution in [1.82, 2.24) is 0 Å². The molecule has 1 aliphatic heterocycles. The third-order valence-corrected chi connectivity index (χ3v) is 2.21. The fourth-order valence-electron chi connectivity index (χ4n) is 1.47. The standard InChI is InChI=1S/C11H16O2/c1-2-3-4-7-10(12)11-8-5-6-9-13-11/h11H,4-9H2,1H3. The average molecular weight is 180 g/mol. The molecule has 1 unspecified atom stereocenters. The summed E-state index contributed by atoms with van der Waals surface area (Å²) in [4.78, 5) is 11.5. The van der Waals surface area contributed by atoms with Gasteiger partial charge in [0.15, 0.2) is 5.78 Å². The highest BCUT2D eigenvalue weighted by molar-refractivity contribution is 5.83. The quantitative estimate of drug-likeness (QED) is 0.620. The molecule has 13 heavy (non-hydrogen) atoms. The van der Waals surface area contributed by atoms with Crippen molar-refractivity contribution in [1.29, 1.82) is 0 Å². The van der Waals surface area contributed by atoms with Crippen LogP contribution in [-0.4, -0.2) is 18.5 Å². The topological polar surface area (TPSA) is 26.3 Å². The molecule has 0 spiro atoms. The fraction of sp³-hybridized carbons (Fsp3) is 0.727. The number of hydrogen-bond acceptors (Lipinski definition) is 2. The minimum atomic E-state index is -0.132. The highest BCUT2D eigenvalue weighted by Crippen LogP contribution is 2.14. The summed E-state index contributed by atoms with van der Waals surface area (Å²) >= 11 is 0. The lowest BCUT2D eigenvalue weighted by Crippen LogP contribution is -2.27. The Morgan fingerprint density at radius 2 is 2.38 bits per heavy atom. The van der Waals surface area contributed by atoms with E-state index in [4.69, 9.17) is 4.74 Å². The maximum Gasteiger partial charge on any atom is 0.162 e. The average Bonchev–Trinajstić information content (AvgIpc) is 2.19. The van der Waals surface area contributed by atoms with Gasteiger partial charge in [-0.2, -0.15) is 0 Å². The van der Waals surface area contributed by atoms with Gasteiger partial charge < -0.3 is 4.74 Å². The molecule has 0 aromatic heterocycles. The number of ether oxygens (including phenoxy) is 1. The molecular formula is C11H16O2. The van der Waals surface area contributed by atoms with Crippen molar-refractivity contribution >= 4 is 5.78 Å². The second-order valence-corrected chi connectivity index (χ2v) is 3.25. The zero-order valence-corrected chi connectivity index (χ0v) is 8.14. The molecule has 0 bridgehead atoms. The van der Waals surface area contributed by atoms with E-state index in [9.17, 15) is 4.79 Å². The number of carbonyl (C=O) groups excluding carboxylic acids is 1. The molecule has 0 aromatic carbocycles. The first-order valence-electron chi connectivity index (χ1n) is 4.88. The maximum atomic E-state index is 11.5. The Morgan fingerprint density at radius 3 is 3.00 bits per heavy atom. The number of rotatable bonds is 3. The van der Waals surface area contributed by atoms with Crippen molar-refractivity contribution in [2.75, 3.05) is 6.61 Å². The zero-order valence-electron chi connectivity index (χ0n) is 8.14. The van der Waals surface area contributed by atoms with E-state index in [-0.39, 0.29) is 11.9 Å². The Kier molecular flexibility index (Phi) is 4.56. The second-order valence-electron chi connectivity index (χ2n) is 3.25. The van der Waals surface area contributed by atoms with E-state index >= 15 is 0 Å². The van der Waals surface area contributed by atoms with Gasteiger partial charge in [-0.05, 0) is 26.2 Å². The molecule has 1 fully saturated rings. The predicted octanol–water partition coefficient (Wildman–Crippen LogP) is 1.93. The monoisotopic (exact) mass is 180 g/mol. The maximum absolute atomic E-state index is 11.5. The van der Waals surface area contributed by atoms with E-state index in [1.54, 1.807) is 6.92 Å². The van der Waals surface area contributed by atoms with Crippen LogP contribution in [0.3, 0.4) is 0 Å². The fourth-order valence-corrected chi connectivity index (χ4v) is 1.47. The molecular weight excluding hydrogens is 164 g/mol. The van der Waals surface area contributed by atoms with Crippen LogP contribution in [0, 0.1) is 11.8 Å². The van der Waals surface area contributed by atoms with Gasteiger partial charge in [0.2, 0.25) is 0 Å². The third kappa shape index (κ3) is 3.61.